The van der Waals surface area contributed by atoms with Crippen LogP contribution in [0.25, 0.3) is 0 Å². The highest BCUT2D eigenvalue weighted by molar-refractivity contribution is 7.10. The molecule has 0 saturated carbocycles. The van der Waals surface area contributed by atoms with Crippen LogP contribution in [-0.2, 0) is 12.8 Å². The molecule has 0 N–H and O–H groups in total. The Hall–Kier alpha value is 0.130. The van der Waals surface area contributed by atoms with Crippen LogP contribution in [0.3, 0.4) is 0 Å². The van der Waals surface area contributed by atoms with Gasteiger partial charge in [0.25, 0.3) is 0 Å². The summed E-state index contributed by atoms with van der Waals surface area (Å²) in [4.78, 5) is 3.27. The van der Waals surface area contributed by atoms with E-state index >= 15 is 0 Å². The van der Waals surface area contributed by atoms with Gasteiger partial charge in [0, 0.05) is 21.9 Å². The van der Waals surface area contributed by atoms with E-state index in [1.54, 1.807) is 15.5 Å². The van der Waals surface area contributed by atoms with Gasteiger partial charge in [-0.05, 0) is 37.8 Å². The Kier molecular flexibility index (Phi) is 30.7. The highest BCUT2D eigenvalue weighted by Crippen LogP contribution is 2.18. The van der Waals surface area contributed by atoms with Gasteiger partial charge in [-0.15, -0.1) is 0 Å². The molecule has 272 valence electrons. The number of rotatable bonds is 36. The van der Waals surface area contributed by atoms with E-state index in [1.807, 2.05) is 0 Å². The lowest BCUT2D eigenvalue weighted by molar-refractivity contribution is -0.585. The molecule has 0 atom stereocenters. The zero-order valence-corrected chi connectivity index (χ0v) is 35.3. The summed E-state index contributed by atoms with van der Waals surface area (Å²) in [7, 11) is 0. The number of halogens is 1. The van der Waals surface area contributed by atoms with Crippen LogP contribution in [-0.4, -0.2) is 0 Å². The molecule has 0 unspecified atom stereocenters. The highest BCUT2D eigenvalue weighted by Gasteiger charge is 2.20. The normalized spacial score (nSPS) is 11.6. The van der Waals surface area contributed by atoms with Gasteiger partial charge in [0.1, 0.15) is 0 Å². The Morgan fingerprint density at radius 3 is 0.809 bits per heavy atom. The molecule has 2 aromatic heterocycles. The van der Waals surface area contributed by atoms with E-state index in [0.29, 0.717) is 0 Å². The molecule has 0 radical (unpaired) electrons. The van der Waals surface area contributed by atoms with Crippen molar-refractivity contribution in [1.29, 1.82) is 0 Å². The average molecular weight is 798 g/mol. The van der Waals surface area contributed by atoms with Gasteiger partial charge in [-0.1, -0.05) is 229 Å². The Labute approximate surface area is 313 Å². The van der Waals surface area contributed by atoms with Crippen LogP contribution in [0, 0.1) is 5.77 Å². The Balaban J connectivity index is 1.35. The van der Waals surface area contributed by atoms with Crippen molar-refractivity contribution in [2.75, 3.05) is 0 Å². The molecule has 47 heavy (non-hydrogen) atoms. The summed E-state index contributed by atoms with van der Waals surface area (Å²) in [6.45, 7) is 4.62. The van der Waals surface area contributed by atoms with E-state index < -0.39 is 0 Å². The molecular weight excluding hydrogens is 720 g/mol. The van der Waals surface area contributed by atoms with Gasteiger partial charge in [-0.3, -0.25) is 0 Å². The van der Waals surface area contributed by atoms with Crippen molar-refractivity contribution in [1.82, 2.24) is 0 Å². The molecule has 0 spiro atoms. The van der Waals surface area contributed by atoms with Gasteiger partial charge < -0.3 is 0 Å². The first-order valence-corrected chi connectivity index (χ1v) is 24.9. The van der Waals surface area contributed by atoms with Crippen LogP contribution in [0.5, 0.6) is 0 Å². The molecule has 0 nitrogen and oxygen atoms in total. The molecule has 0 bridgehead atoms. The molecule has 0 saturated heterocycles. The van der Waals surface area contributed by atoms with Crippen molar-refractivity contribution in [2.45, 2.75) is 232 Å². The molecule has 2 rings (SSSR count). The number of aryl methyl sites for hydroxylation is 2. The van der Waals surface area contributed by atoms with Crippen molar-refractivity contribution in [3.63, 3.8) is 0 Å². The van der Waals surface area contributed by atoms with Gasteiger partial charge in [0.2, 0.25) is 5.77 Å². The second-order valence-electron chi connectivity index (χ2n) is 14.6. The fraction of sp³-hybridized carbons (Fsp3) is 0.818. The largest absolute Gasteiger partial charge is 0.381 e. The van der Waals surface area contributed by atoms with Gasteiger partial charge in [-0.2, -0.15) is 0 Å². The van der Waals surface area contributed by atoms with Crippen molar-refractivity contribution in [3.05, 3.63) is 39.8 Å². The van der Waals surface area contributed by atoms with E-state index in [9.17, 15) is 0 Å². The van der Waals surface area contributed by atoms with Gasteiger partial charge in [0.05, 0.1) is 0 Å². The molecule has 0 amide bonds. The quantitative estimate of drug-likeness (QED) is 0.0476. The maximum Gasteiger partial charge on any atom is 0.381 e. The highest BCUT2D eigenvalue weighted by atomic mass is 127. The van der Waals surface area contributed by atoms with Crippen molar-refractivity contribution >= 4 is 22.7 Å². The molecule has 2 heterocycles. The van der Waals surface area contributed by atoms with Crippen LogP contribution in [0.15, 0.2) is 24.3 Å². The maximum atomic E-state index is 2.45. The van der Waals surface area contributed by atoms with E-state index in [0.717, 1.165) is 0 Å². The van der Waals surface area contributed by atoms with E-state index in [1.165, 1.54) is 218 Å². The first kappa shape index (κ1) is 43.3. The van der Waals surface area contributed by atoms with Crippen molar-refractivity contribution < 1.29 is 21.2 Å². The van der Waals surface area contributed by atoms with Gasteiger partial charge >= 0.3 is 21.2 Å². The summed E-state index contributed by atoms with van der Waals surface area (Å²) in [5.74, 6) is 0. The van der Waals surface area contributed by atoms with Crippen LogP contribution in [0.1, 0.15) is 229 Å². The molecular formula is C44H78IS2+. The lowest BCUT2D eigenvalue weighted by atomic mass is 10.0. The summed E-state index contributed by atoms with van der Waals surface area (Å²) >= 11 is 4.27. The second kappa shape index (κ2) is 33.3. The average Bonchev–Trinajstić information content (AvgIpc) is 3.73. The zero-order valence-electron chi connectivity index (χ0n) is 31.5. The summed E-state index contributed by atoms with van der Waals surface area (Å²) < 4.78 is 3.34. The van der Waals surface area contributed by atoms with Crippen molar-refractivity contribution in [3.8, 4) is 0 Å². The first-order valence-electron chi connectivity index (χ1n) is 21.1. The third-order valence-corrected chi connectivity index (χ3v) is 16.0. The minimum absolute atomic E-state index is 0.0249. The third-order valence-electron chi connectivity index (χ3n) is 10.00. The molecule has 0 aromatic carbocycles. The fourth-order valence-corrected chi connectivity index (χ4v) is 13.5. The smallest absolute Gasteiger partial charge is 0.0927 e. The van der Waals surface area contributed by atoms with Crippen LogP contribution in [0.4, 0.5) is 0 Å². The van der Waals surface area contributed by atoms with Crippen molar-refractivity contribution in [2.24, 2.45) is 0 Å². The summed E-state index contributed by atoms with van der Waals surface area (Å²) in [6, 6.07) is 9.79. The van der Waals surface area contributed by atoms with Crippen LogP contribution >= 0.6 is 22.7 Å². The maximum absolute atomic E-state index is 2.45. The van der Waals surface area contributed by atoms with E-state index in [2.05, 4.69) is 60.8 Å². The SMILES string of the molecule is CCCCCCCCCCCCCCCCCCc1ccc([I+]c2ccc(CCCCCCCCCCCCCCCCCC)s2)s1. The zero-order chi connectivity index (χ0) is 33.3. The minimum atomic E-state index is 0.0249. The molecule has 0 aliphatic heterocycles. The summed E-state index contributed by atoms with van der Waals surface area (Å²) in [5.41, 5.74) is 0. The van der Waals surface area contributed by atoms with Crippen LogP contribution < -0.4 is 21.2 Å². The number of thiophene rings is 2. The summed E-state index contributed by atoms with van der Waals surface area (Å²) in [6.07, 6.45) is 49.1. The molecule has 0 aliphatic carbocycles. The van der Waals surface area contributed by atoms with Crippen LogP contribution in [0.2, 0.25) is 0 Å². The van der Waals surface area contributed by atoms with Gasteiger partial charge in [-0.25, -0.2) is 0 Å². The molecule has 3 heteroatoms. The lowest BCUT2D eigenvalue weighted by Crippen LogP contribution is -3.61. The Morgan fingerprint density at radius 2 is 0.553 bits per heavy atom. The summed E-state index contributed by atoms with van der Waals surface area (Å²) in [5, 5.41) is 0. The van der Waals surface area contributed by atoms with E-state index in [4.69, 9.17) is 0 Å². The monoisotopic (exact) mass is 797 g/mol. The standard InChI is InChI=1S/C44H78IS2/c1-3-5-7-9-11-13-15-17-19-21-23-25-27-29-31-33-35-41-37-39-43(46-41)45-44-40-38-42(47-44)36-34-32-30-28-26-24-22-20-18-16-14-12-10-8-6-4-2/h37-40H,3-36H2,1-2H3/q+1. The Morgan fingerprint density at radius 1 is 0.319 bits per heavy atom. The molecule has 2 aromatic rings. The first-order chi connectivity index (χ1) is 23.3. The fourth-order valence-electron chi connectivity index (χ4n) is 6.86. The Bertz CT molecular complexity index is 826. The predicted molar refractivity (Wildman–Crippen MR) is 213 cm³/mol. The topological polar surface area (TPSA) is 0 Å². The van der Waals surface area contributed by atoms with Gasteiger partial charge in [0.15, 0.2) is 0 Å². The number of hydrogen-bond acceptors (Lipinski definition) is 2. The predicted octanol–water partition coefficient (Wildman–Crippen LogP) is 13.5. The second-order valence-corrected chi connectivity index (χ2v) is 21.3. The molecule has 0 fully saturated rings. The minimum Gasteiger partial charge on any atom is -0.0927 e. The number of unbranched alkanes of at least 4 members (excludes halogenated alkanes) is 30. The lowest BCUT2D eigenvalue weighted by Gasteiger charge is -2.03. The number of hydrogen-bond donors (Lipinski definition) is 0. The molecule has 0 aliphatic rings. The van der Waals surface area contributed by atoms with E-state index in [-0.39, 0.29) is 21.2 Å². The third kappa shape index (κ3) is 26.6.